The van der Waals surface area contributed by atoms with E-state index in [9.17, 15) is 27.1 Å². The summed E-state index contributed by atoms with van der Waals surface area (Å²) < 4.78 is 75.4. The maximum atomic E-state index is 14.2. The molecule has 3 nitrogen and oxygen atoms in total. The molecule has 0 amide bonds. The molecule has 8 heteroatoms. The van der Waals surface area contributed by atoms with Crippen LogP contribution in [0.4, 0.5) is 22.0 Å². The minimum atomic E-state index is -5.66. The highest BCUT2D eigenvalue weighted by Gasteiger charge is 2.82. The van der Waals surface area contributed by atoms with Crippen LogP contribution in [0.3, 0.4) is 0 Å². The minimum absolute atomic E-state index is 0.288. The van der Waals surface area contributed by atoms with Crippen molar-refractivity contribution in [1.29, 1.82) is 0 Å². The summed E-state index contributed by atoms with van der Waals surface area (Å²) in [4.78, 5) is 0. The van der Waals surface area contributed by atoms with Crippen LogP contribution in [-0.2, 0) is 9.47 Å². The fraction of sp³-hybridized carbons (Fsp3) is 0.818. The lowest BCUT2D eigenvalue weighted by molar-refractivity contribution is -0.483. The Balaban J connectivity index is 2.50. The largest absolute Gasteiger partial charge is 0.462 e. The first-order valence-corrected chi connectivity index (χ1v) is 5.80. The van der Waals surface area contributed by atoms with Gasteiger partial charge in [-0.1, -0.05) is 6.42 Å². The van der Waals surface area contributed by atoms with Gasteiger partial charge in [0.1, 0.15) is 0 Å². The summed E-state index contributed by atoms with van der Waals surface area (Å²) in [6.45, 7) is 3.00. The zero-order valence-electron chi connectivity index (χ0n) is 9.90. The van der Waals surface area contributed by atoms with E-state index in [0.29, 0.717) is 6.42 Å². The van der Waals surface area contributed by atoms with Gasteiger partial charge in [-0.05, 0) is 32.3 Å². The van der Waals surface area contributed by atoms with Crippen LogP contribution in [0.5, 0.6) is 0 Å². The molecular weight excluding hydrogens is 275 g/mol. The van der Waals surface area contributed by atoms with Gasteiger partial charge in [0.15, 0.2) is 5.60 Å². The monoisotopic (exact) mass is 288 g/mol. The van der Waals surface area contributed by atoms with Gasteiger partial charge in [-0.3, -0.25) is 0 Å². The van der Waals surface area contributed by atoms with Crippen molar-refractivity contribution in [2.75, 3.05) is 0 Å². The number of ether oxygens (including phenoxy) is 2. The number of hydrogen-bond donors (Lipinski definition) is 1. The first-order chi connectivity index (χ1) is 8.56. The van der Waals surface area contributed by atoms with Crippen LogP contribution in [0.2, 0.25) is 0 Å². The van der Waals surface area contributed by atoms with E-state index in [1.807, 2.05) is 0 Å². The zero-order valence-corrected chi connectivity index (χ0v) is 9.90. The highest BCUT2D eigenvalue weighted by molar-refractivity contribution is 5.12. The normalized spacial score (nSPS) is 33.7. The van der Waals surface area contributed by atoms with Crippen molar-refractivity contribution in [3.8, 4) is 0 Å². The predicted octanol–water partition coefficient (Wildman–Crippen LogP) is 3.09. The fourth-order valence-electron chi connectivity index (χ4n) is 2.62. The second kappa shape index (κ2) is 3.97. The molecule has 1 spiro atoms. The molecule has 110 valence electrons. The number of rotatable bonds is 0. The summed E-state index contributed by atoms with van der Waals surface area (Å²) in [5, 5.41) is 9.39. The molecule has 0 bridgehead atoms. The van der Waals surface area contributed by atoms with E-state index in [-0.39, 0.29) is 25.7 Å². The Morgan fingerprint density at radius 1 is 1.05 bits per heavy atom. The topological polar surface area (TPSA) is 38.7 Å². The summed E-state index contributed by atoms with van der Waals surface area (Å²) in [6, 6.07) is 0. The summed E-state index contributed by atoms with van der Waals surface area (Å²) in [7, 11) is 0. The van der Waals surface area contributed by atoms with Crippen LogP contribution in [0.1, 0.15) is 32.1 Å². The molecule has 0 aromatic heterocycles. The van der Waals surface area contributed by atoms with E-state index in [0.717, 1.165) is 0 Å². The van der Waals surface area contributed by atoms with Crippen molar-refractivity contribution < 1.29 is 36.5 Å². The molecule has 0 radical (unpaired) electrons. The molecule has 2 rings (SSSR count). The fourth-order valence-corrected chi connectivity index (χ4v) is 2.62. The number of alkyl halides is 5. The van der Waals surface area contributed by atoms with E-state index in [2.05, 4.69) is 11.3 Å². The molecular formula is C11H13F5O3. The van der Waals surface area contributed by atoms with Crippen LogP contribution < -0.4 is 0 Å². The highest BCUT2D eigenvalue weighted by atomic mass is 19.4. The lowest BCUT2D eigenvalue weighted by Gasteiger charge is -2.52. The van der Waals surface area contributed by atoms with Gasteiger partial charge in [-0.15, -0.1) is 0 Å². The van der Waals surface area contributed by atoms with Gasteiger partial charge in [0, 0.05) is 0 Å². The lowest BCUT2D eigenvalue weighted by atomic mass is 9.76. The third-order valence-electron chi connectivity index (χ3n) is 3.61. The van der Waals surface area contributed by atoms with E-state index in [1.165, 1.54) is 0 Å². The maximum absolute atomic E-state index is 14.2. The molecule has 1 saturated carbocycles. The average molecular weight is 288 g/mol. The smallest absolute Gasteiger partial charge is 0.452 e. The first kappa shape index (κ1) is 14.4. The number of hydrogen-bond acceptors (Lipinski definition) is 3. The maximum Gasteiger partial charge on any atom is 0.462 e. The Bertz CT molecular complexity index is 386. The molecule has 1 aliphatic carbocycles. The molecule has 1 unspecified atom stereocenters. The highest BCUT2D eigenvalue weighted by Crippen LogP contribution is 2.58. The van der Waals surface area contributed by atoms with E-state index >= 15 is 0 Å². The van der Waals surface area contributed by atoms with Crippen LogP contribution in [-0.4, -0.2) is 28.6 Å². The quantitative estimate of drug-likeness (QED) is 0.696. The lowest BCUT2D eigenvalue weighted by Crippen LogP contribution is -2.73. The van der Waals surface area contributed by atoms with Crippen molar-refractivity contribution in [1.82, 2.24) is 0 Å². The summed E-state index contributed by atoms with van der Waals surface area (Å²) in [5.74, 6) is -10.2. The van der Waals surface area contributed by atoms with Gasteiger partial charge in [0.2, 0.25) is 0 Å². The van der Waals surface area contributed by atoms with Crippen molar-refractivity contribution in [3.05, 3.63) is 12.5 Å². The van der Waals surface area contributed by atoms with Gasteiger partial charge in [-0.2, -0.15) is 22.0 Å². The number of aliphatic hydroxyl groups is 1. The minimum Gasteiger partial charge on any atom is -0.452 e. The zero-order chi connectivity index (χ0) is 14.5. The average Bonchev–Trinajstić information content (AvgIpc) is 2.26. The molecule has 1 heterocycles. The van der Waals surface area contributed by atoms with Crippen LogP contribution in [0.15, 0.2) is 12.5 Å². The van der Waals surface area contributed by atoms with Crippen molar-refractivity contribution >= 4 is 0 Å². The molecule has 1 aliphatic heterocycles. The van der Waals surface area contributed by atoms with Gasteiger partial charge in [0.25, 0.3) is 5.95 Å². The third kappa shape index (κ3) is 1.79. The Hall–Kier alpha value is -1.05. The van der Waals surface area contributed by atoms with E-state index < -0.39 is 29.4 Å². The Kier molecular flexibility index (Phi) is 3.00. The van der Waals surface area contributed by atoms with E-state index in [1.54, 1.807) is 0 Å². The molecule has 1 saturated heterocycles. The van der Waals surface area contributed by atoms with Crippen LogP contribution >= 0.6 is 0 Å². The first-order valence-electron chi connectivity index (χ1n) is 5.80. The Labute approximate surface area is 106 Å². The predicted molar refractivity (Wildman–Crippen MR) is 53.1 cm³/mol. The summed E-state index contributed by atoms with van der Waals surface area (Å²) in [6.07, 6.45) is -5.04. The molecule has 0 aromatic rings. The van der Waals surface area contributed by atoms with Crippen LogP contribution in [0, 0.1) is 0 Å². The number of halogens is 5. The second-order valence-corrected chi connectivity index (χ2v) is 4.85. The standard InChI is InChI=1S/C11H13F5O3/c1-7-18-8(5-3-2-4-6-8)9(12,13)10(17,19-7)11(14,15)16/h17H,1-6H2. The third-order valence-corrected chi connectivity index (χ3v) is 3.61. The van der Waals surface area contributed by atoms with Crippen molar-refractivity contribution in [2.45, 2.75) is 55.6 Å². The van der Waals surface area contributed by atoms with Gasteiger partial charge >= 0.3 is 17.9 Å². The molecule has 2 fully saturated rings. The SMILES string of the molecule is C=C1OC2(CCCCC2)C(F)(F)C(O)(C(F)(F)F)O1. The van der Waals surface area contributed by atoms with Gasteiger partial charge in [0.05, 0.1) is 0 Å². The Morgan fingerprint density at radius 2 is 1.58 bits per heavy atom. The Morgan fingerprint density at radius 3 is 2.05 bits per heavy atom. The van der Waals surface area contributed by atoms with Crippen molar-refractivity contribution in [2.24, 2.45) is 0 Å². The summed E-state index contributed by atoms with van der Waals surface area (Å²) >= 11 is 0. The van der Waals surface area contributed by atoms with Crippen molar-refractivity contribution in [3.63, 3.8) is 0 Å². The second-order valence-electron chi connectivity index (χ2n) is 4.85. The van der Waals surface area contributed by atoms with Gasteiger partial charge in [-0.25, -0.2) is 0 Å². The molecule has 1 atom stereocenters. The summed E-state index contributed by atoms with van der Waals surface area (Å²) in [5.41, 5.74) is -2.41. The molecule has 1 N–H and O–H groups in total. The molecule has 2 aliphatic rings. The van der Waals surface area contributed by atoms with E-state index in [4.69, 9.17) is 4.74 Å². The van der Waals surface area contributed by atoms with Crippen LogP contribution in [0.25, 0.3) is 0 Å². The van der Waals surface area contributed by atoms with Gasteiger partial charge < -0.3 is 14.6 Å². The molecule has 19 heavy (non-hydrogen) atoms. The molecule has 0 aromatic carbocycles.